The summed E-state index contributed by atoms with van der Waals surface area (Å²) in [5.41, 5.74) is 2.94. The summed E-state index contributed by atoms with van der Waals surface area (Å²) in [4.78, 5) is 4.22. The molecule has 2 heteroatoms. The Bertz CT molecular complexity index is 708. The molecule has 1 heterocycles. The molecule has 26 heavy (non-hydrogen) atoms. The summed E-state index contributed by atoms with van der Waals surface area (Å²) in [6.45, 7) is 4.61. The van der Waals surface area contributed by atoms with E-state index in [2.05, 4.69) is 37.0 Å². The highest BCUT2D eigenvalue weighted by Crippen LogP contribution is 2.64. The van der Waals surface area contributed by atoms with Crippen molar-refractivity contribution in [3.8, 4) is 0 Å². The molecule has 3 fully saturated rings. The molecule has 1 aromatic heterocycles. The van der Waals surface area contributed by atoms with E-state index >= 15 is 0 Å². The number of nitrogens with zero attached hydrogens (tertiary/aromatic N) is 1. The SMILES string of the molecule is C[C@@]1(O)CC[C@H]2[C@H](CC[C@@H]3[C@@H]2CC[C@]2(C)C(c4ccncc4)=CC[C@@H]32)C1. The second-order valence-corrected chi connectivity index (χ2v) is 10.2. The second kappa shape index (κ2) is 5.92. The average Bonchev–Trinajstić information content (AvgIpc) is 2.98. The van der Waals surface area contributed by atoms with Crippen molar-refractivity contribution in [3.05, 3.63) is 36.2 Å². The predicted octanol–water partition coefficient (Wildman–Crippen LogP) is 5.48. The number of pyridine rings is 1. The Morgan fingerprint density at radius 2 is 1.73 bits per heavy atom. The van der Waals surface area contributed by atoms with Crippen molar-refractivity contribution in [1.82, 2.24) is 4.98 Å². The van der Waals surface area contributed by atoms with Gasteiger partial charge in [0.1, 0.15) is 0 Å². The van der Waals surface area contributed by atoms with Crippen LogP contribution in [-0.2, 0) is 0 Å². The Balaban J connectivity index is 1.40. The predicted molar refractivity (Wildman–Crippen MR) is 105 cm³/mol. The van der Waals surface area contributed by atoms with Gasteiger partial charge in [0.15, 0.2) is 0 Å². The van der Waals surface area contributed by atoms with Gasteiger partial charge in [0.2, 0.25) is 0 Å². The van der Waals surface area contributed by atoms with E-state index in [1.807, 2.05) is 12.4 Å². The van der Waals surface area contributed by atoms with Gasteiger partial charge in [-0.15, -0.1) is 0 Å². The molecule has 3 saturated carbocycles. The van der Waals surface area contributed by atoms with Crippen LogP contribution < -0.4 is 0 Å². The molecule has 4 aliphatic carbocycles. The number of hydrogen-bond donors (Lipinski definition) is 1. The fraction of sp³-hybridized carbons (Fsp3) is 0.708. The second-order valence-electron chi connectivity index (χ2n) is 10.2. The van der Waals surface area contributed by atoms with Gasteiger partial charge in [0.05, 0.1) is 5.60 Å². The standard InChI is InChI=1S/C24H33NO/c1-23(26)11-7-18-17(15-23)3-4-20-19(18)8-12-24(2)21(5-6-22(20)24)16-9-13-25-14-10-16/h5,9-10,13-14,17-20,22,26H,3-4,6-8,11-12,15H2,1-2H3/t17-,18+,19-,20-,22+,23-,24-/m1/s1. The molecule has 1 N–H and O–H groups in total. The van der Waals surface area contributed by atoms with E-state index in [9.17, 15) is 5.11 Å². The third kappa shape index (κ3) is 2.52. The highest BCUT2D eigenvalue weighted by atomic mass is 16.3. The third-order valence-electron chi connectivity index (χ3n) is 8.81. The van der Waals surface area contributed by atoms with Crippen molar-refractivity contribution in [2.24, 2.45) is 35.0 Å². The van der Waals surface area contributed by atoms with Crippen LogP contribution in [0, 0.1) is 35.0 Å². The van der Waals surface area contributed by atoms with E-state index in [4.69, 9.17) is 0 Å². The lowest BCUT2D eigenvalue weighted by Crippen LogP contribution is -2.49. The summed E-state index contributed by atoms with van der Waals surface area (Å²) < 4.78 is 0. The highest BCUT2D eigenvalue weighted by Gasteiger charge is 2.55. The fourth-order valence-electron chi connectivity index (χ4n) is 7.63. The van der Waals surface area contributed by atoms with Crippen molar-refractivity contribution < 1.29 is 5.11 Å². The lowest BCUT2D eigenvalue weighted by molar-refractivity contribution is -0.0886. The van der Waals surface area contributed by atoms with Crippen LogP contribution >= 0.6 is 0 Å². The van der Waals surface area contributed by atoms with Crippen LogP contribution in [0.4, 0.5) is 0 Å². The monoisotopic (exact) mass is 351 g/mol. The minimum absolute atomic E-state index is 0.357. The first-order valence-corrected chi connectivity index (χ1v) is 10.8. The van der Waals surface area contributed by atoms with Crippen molar-refractivity contribution in [2.45, 2.75) is 70.8 Å². The molecule has 140 valence electrons. The normalized spacial score (nSPS) is 47.5. The molecule has 2 nitrogen and oxygen atoms in total. The van der Waals surface area contributed by atoms with E-state index in [0.717, 1.165) is 42.4 Å². The van der Waals surface area contributed by atoms with Gasteiger partial charge >= 0.3 is 0 Å². The number of hydrogen-bond acceptors (Lipinski definition) is 2. The molecule has 0 radical (unpaired) electrons. The Morgan fingerprint density at radius 3 is 2.54 bits per heavy atom. The minimum Gasteiger partial charge on any atom is -0.390 e. The highest BCUT2D eigenvalue weighted by molar-refractivity contribution is 5.72. The fourth-order valence-corrected chi connectivity index (χ4v) is 7.63. The van der Waals surface area contributed by atoms with Gasteiger partial charge in [-0.2, -0.15) is 0 Å². The lowest BCUT2D eigenvalue weighted by Gasteiger charge is -2.56. The van der Waals surface area contributed by atoms with Crippen LogP contribution in [0.3, 0.4) is 0 Å². The van der Waals surface area contributed by atoms with Crippen LogP contribution in [-0.4, -0.2) is 15.7 Å². The van der Waals surface area contributed by atoms with E-state index < -0.39 is 5.60 Å². The summed E-state index contributed by atoms with van der Waals surface area (Å²) >= 11 is 0. The van der Waals surface area contributed by atoms with Crippen molar-refractivity contribution in [2.75, 3.05) is 0 Å². The average molecular weight is 352 g/mol. The zero-order chi connectivity index (χ0) is 17.9. The molecule has 0 saturated heterocycles. The number of fused-ring (bicyclic) bond motifs is 5. The smallest absolute Gasteiger partial charge is 0.0622 e. The lowest BCUT2D eigenvalue weighted by atomic mass is 9.49. The molecular weight excluding hydrogens is 318 g/mol. The summed E-state index contributed by atoms with van der Waals surface area (Å²) in [6, 6.07) is 4.40. The van der Waals surface area contributed by atoms with Crippen LogP contribution in [0.15, 0.2) is 30.6 Å². The van der Waals surface area contributed by atoms with Gasteiger partial charge in [-0.1, -0.05) is 13.0 Å². The minimum atomic E-state index is -0.402. The van der Waals surface area contributed by atoms with Gasteiger partial charge in [-0.25, -0.2) is 0 Å². The van der Waals surface area contributed by atoms with Crippen molar-refractivity contribution in [1.29, 1.82) is 0 Å². The zero-order valence-electron chi connectivity index (χ0n) is 16.3. The van der Waals surface area contributed by atoms with Crippen LogP contribution in [0.5, 0.6) is 0 Å². The molecule has 0 amide bonds. The number of rotatable bonds is 1. The first-order chi connectivity index (χ1) is 12.5. The molecule has 0 aromatic carbocycles. The quantitative estimate of drug-likeness (QED) is 0.727. The van der Waals surface area contributed by atoms with Gasteiger partial charge in [-0.3, -0.25) is 4.98 Å². The number of aliphatic hydroxyl groups is 1. The van der Waals surface area contributed by atoms with Crippen LogP contribution in [0.1, 0.15) is 70.8 Å². The van der Waals surface area contributed by atoms with Crippen molar-refractivity contribution in [3.63, 3.8) is 0 Å². The molecule has 0 bridgehead atoms. The van der Waals surface area contributed by atoms with E-state index in [0.29, 0.717) is 5.41 Å². The maximum Gasteiger partial charge on any atom is 0.0622 e. The molecule has 0 unspecified atom stereocenters. The summed E-state index contributed by atoms with van der Waals surface area (Å²) in [6.07, 6.45) is 16.5. The van der Waals surface area contributed by atoms with E-state index in [-0.39, 0.29) is 0 Å². The Labute approximate surface area is 158 Å². The summed E-state index contributed by atoms with van der Waals surface area (Å²) in [5, 5.41) is 10.5. The Morgan fingerprint density at radius 1 is 0.962 bits per heavy atom. The Hall–Kier alpha value is -1.15. The van der Waals surface area contributed by atoms with E-state index in [1.165, 1.54) is 44.1 Å². The molecule has 0 spiro atoms. The van der Waals surface area contributed by atoms with E-state index in [1.54, 1.807) is 5.57 Å². The summed E-state index contributed by atoms with van der Waals surface area (Å²) in [5.74, 6) is 4.29. The third-order valence-corrected chi connectivity index (χ3v) is 8.81. The van der Waals surface area contributed by atoms with Gasteiger partial charge < -0.3 is 5.11 Å². The maximum absolute atomic E-state index is 10.5. The summed E-state index contributed by atoms with van der Waals surface area (Å²) in [7, 11) is 0. The number of allylic oxidation sites excluding steroid dienone is 2. The molecule has 0 aliphatic heterocycles. The van der Waals surface area contributed by atoms with Crippen LogP contribution in [0.2, 0.25) is 0 Å². The first kappa shape index (κ1) is 17.0. The molecule has 4 aliphatic rings. The molecular formula is C24H33NO. The van der Waals surface area contributed by atoms with Gasteiger partial charge in [-0.05, 0) is 117 Å². The van der Waals surface area contributed by atoms with Crippen molar-refractivity contribution >= 4 is 5.57 Å². The zero-order valence-corrected chi connectivity index (χ0v) is 16.3. The van der Waals surface area contributed by atoms with Gasteiger partial charge in [0.25, 0.3) is 0 Å². The topological polar surface area (TPSA) is 33.1 Å². The largest absolute Gasteiger partial charge is 0.390 e. The first-order valence-electron chi connectivity index (χ1n) is 10.8. The van der Waals surface area contributed by atoms with Crippen LogP contribution in [0.25, 0.3) is 5.57 Å². The maximum atomic E-state index is 10.5. The molecule has 5 rings (SSSR count). The van der Waals surface area contributed by atoms with Gasteiger partial charge in [0, 0.05) is 12.4 Å². The Kier molecular flexibility index (Phi) is 3.87. The molecule has 7 atom stereocenters. The molecule has 1 aromatic rings. The number of aromatic nitrogens is 1.